The number of alkyl halides is 3. The standard InChI is InChI=1S/C13H15ClF3NO2/c1-3-9-6-10(4-5-11(9)14)20-8(2)12(19)18-7-13(15,16)17/h4-6,8H,3,7H2,1-2H3,(H,18,19). The number of carbonyl (C=O) groups is 1. The summed E-state index contributed by atoms with van der Waals surface area (Å²) in [6.45, 7) is 1.91. The highest BCUT2D eigenvalue weighted by molar-refractivity contribution is 6.31. The molecule has 0 heterocycles. The maximum atomic E-state index is 12.0. The van der Waals surface area contributed by atoms with Gasteiger partial charge in [-0.25, -0.2) is 0 Å². The monoisotopic (exact) mass is 309 g/mol. The maximum Gasteiger partial charge on any atom is 0.405 e. The first-order valence-electron chi connectivity index (χ1n) is 6.02. The van der Waals surface area contributed by atoms with Crippen LogP contribution in [0.3, 0.4) is 0 Å². The van der Waals surface area contributed by atoms with Crippen LogP contribution in [0.5, 0.6) is 5.75 Å². The molecule has 1 aromatic rings. The Morgan fingerprint density at radius 3 is 2.65 bits per heavy atom. The SMILES string of the molecule is CCc1cc(OC(C)C(=O)NCC(F)(F)F)ccc1Cl. The molecule has 1 aromatic carbocycles. The van der Waals surface area contributed by atoms with Crippen LogP contribution in [-0.4, -0.2) is 24.7 Å². The number of rotatable bonds is 5. The Morgan fingerprint density at radius 1 is 1.45 bits per heavy atom. The number of aryl methyl sites for hydroxylation is 1. The van der Waals surface area contributed by atoms with Gasteiger partial charge in [0.1, 0.15) is 12.3 Å². The van der Waals surface area contributed by atoms with E-state index in [1.807, 2.05) is 6.92 Å². The molecule has 1 rings (SSSR count). The summed E-state index contributed by atoms with van der Waals surface area (Å²) in [5.74, 6) is -0.434. The molecule has 3 nitrogen and oxygen atoms in total. The van der Waals surface area contributed by atoms with E-state index in [9.17, 15) is 18.0 Å². The fourth-order valence-electron chi connectivity index (χ4n) is 1.48. The molecular formula is C13H15ClF3NO2. The van der Waals surface area contributed by atoms with Crippen molar-refractivity contribution in [2.75, 3.05) is 6.54 Å². The molecule has 0 bridgehead atoms. The highest BCUT2D eigenvalue weighted by atomic mass is 35.5. The van der Waals surface area contributed by atoms with Crippen LogP contribution in [0.2, 0.25) is 5.02 Å². The first-order chi connectivity index (χ1) is 9.23. The molecule has 7 heteroatoms. The van der Waals surface area contributed by atoms with Crippen molar-refractivity contribution in [1.29, 1.82) is 0 Å². The van der Waals surface area contributed by atoms with Gasteiger partial charge in [0.05, 0.1) is 0 Å². The summed E-state index contributed by atoms with van der Waals surface area (Å²) in [5.41, 5.74) is 0.840. The highest BCUT2D eigenvalue weighted by Gasteiger charge is 2.29. The second-order valence-corrected chi connectivity index (χ2v) is 4.61. The molecule has 0 aliphatic carbocycles. The van der Waals surface area contributed by atoms with Crippen molar-refractivity contribution in [2.45, 2.75) is 32.5 Å². The minimum Gasteiger partial charge on any atom is -0.481 e. The van der Waals surface area contributed by atoms with Gasteiger partial charge in [-0.15, -0.1) is 0 Å². The fourth-order valence-corrected chi connectivity index (χ4v) is 1.74. The van der Waals surface area contributed by atoms with Crippen molar-refractivity contribution >= 4 is 17.5 Å². The smallest absolute Gasteiger partial charge is 0.405 e. The Kier molecular flexibility index (Phi) is 5.68. The number of nitrogens with one attached hydrogen (secondary N) is 1. The molecule has 0 fully saturated rings. The molecule has 0 radical (unpaired) electrons. The Hall–Kier alpha value is -1.43. The summed E-state index contributed by atoms with van der Waals surface area (Å²) in [5, 5.41) is 2.35. The average Bonchev–Trinajstić information content (AvgIpc) is 2.37. The Bertz CT molecular complexity index is 477. The molecule has 1 N–H and O–H groups in total. The maximum absolute atomic E-state index is 12.0. The summed E-state index contributed by atoms with van der Waals surface area (Å²) >= 11 is 5.94. The van der Waals surface area contributed by atoms with E-state index in [-0.39, 0.29) is 0 Å². The third-order valence-electron chi connectivity index (χ3n) is 2.54. The number of hydrogen-bond donors (Lipinski definition) is 1. The second kappa shape index (κ2) is 6.83. The number of carbonyl (C=O) groups excluding carboxylic acids is 1. The van der Waals surface area contributed by atoms with Gasteiger partial charge in [-0.05, 0) is 37.1 Å². The van der Waals surface area contributed by atoms with E-state index in [2.05, 4.69) is 0 Å². The zero-order chi connectivity index (χ0) is 15.3. The second-order valence-electron chi connectivity index (χ2n) is 4.20. The lowest BCUT2D eigenvalue weighted by atomic mass is 10.1. The van der Waals surface area contributed by atoms with Crippen molar-refractivity contribution in [3.63, 3.8) is 0 Å². The van der Waals surface area contributed by atoms with E-state index >= 15 is 0 Å². The van der Waals surface area contributed by atoms with Crippen molar-refractivity contribution in [1.82, 2.24) is 5.32 Å². The number of benzene rings is 1. The summed E-state index contributed by atoms with van der Waals surface area (Å²) in [6.07, 6.45) is -4.78. The van der Waals surface area contributed by atoms with Gasteiger partial charge >= 0.3 is 6.18 Å². The van der Waals surface area contributed by atoms with Crippen molar-refractivity contribution < 1.29 is 22.7 Å². The Balaban J connectivity index is 2.61. The first kappa shape index (κ1) is 16.6. The van der Waals surface area contributed by atoms with E-state index in [1.54, 1.807) is 23.5 Å². The molecule has 1 unspecified atom stereocenters. The van der Waals surface area contributed by atoms with Gasteiger partial charge in [-0.2, -0.15) is 13.2 Å². The third-order valence-corrected chi connectivity index (χ3v) is 2.91. The largest absolute Gasteiger partial charge is 0.481 e. The quantitative estimate of drug-likeness (QED) is 0.906. The van der Waals surface area contributed by atoms with E-state index in [0.29, 0.717) is 17.2 Å². The number of ether oxygens (including phenoxy) is 1. The molecule has 112 valence electrons. The molecule has 0 saturated heterocycles. The van der Waals surface area contributed by atoms with Gasteiger partial charge in [0.15, 0.2) is 6.10 Å². The van der Waals surface area contributed by atoms with Gasteiger partial charge in [-0.1, -0.05) is 18.5 Å². The minimum atomic E-state index is -4.44. The van der Waals surface area contributed by atoms with Crippen molar-refractivity contribution in [2.24, 2.45) is 0 Å². The van der Waals surface area contributed by atoms with Gasteiger partial charge in [-0.3, -0.25) is 4.79 Å². The van der Waals surface area contributed by atoms with Gasteiger partial charge in [0.25, 0.3) is 5.91 Å². The molecule has 20 heavy (non-hydrogen) atoms. The van der Waals surface area contributed by atoms with E-state index < -0.39 is 24.7 Å². The van der Waals surface area contributed by atoms with E-state index in [4.69, 9.17) is 16.3 Å². The topological polar surface area (TPSA) is 38.3 Å². The zero-order valence-corrected chi connectivity index (χ0v) is 11.8. The molecule has 0 aromatic heterocycles. The molecule has 1 atom stereocenters. The molecule has 1 amide bonds. The lowest BCUT2D eigenvalue weighted by Crippen LogP contribution is -2.41. The summed E-state index contributed by atoms with van der Waals surface area (Å²) < 4.78 is 41.2. The predicted octanol–water partition coefficient (Wildman–Crippen LogP) is 3.35. The molecule has 0 spiro atoms. The van der Waals surface area contributed by atoms with Gasteiger partial charge in [0, 0.05) is 5.02 Å². The first-order valence-corrected chi connectivity index (χ1v) is 6.40. The number of halogens is 4. The summed E-state index contributed by atoms with van der Waals surface area (Å²) in [6, 6.07) is 4.85. The van der Waals surface area contributed by atoms with Gasteiger partial charge < -0.3 is 10.1 Å². The minimum absolute atomic E-state index is 0.390. The molecule has 0 saturated carbocycles. The number of hydrogen-bond acceptors (Lipinski definition) is 2. The fraction of sp³-hybridized carbons (Fsp3) is 0.462. The summed E-state index contributed by atoms with van der Waals surface area (Å²) in [4.78, 5) is 11.5. The third kappa shape index (κ3) is 5.28. The normalized spacial score (nSPS) is 12.9. The van der Waals surface area contributed by atoms with Crippen LogP contribution in [0.1, 0.15) is 19.4 Å². The van der Waals surface area contributed by atoms with E-state index in [0.717, 1.165) is 5.56 Å². The molecule has 0 aliphatic rings. The lowest BCUT2D eigenvalue weighted by molar-refractivity contribution is -0.142. The van der Waals surface area contributed by atoms with Crippen LogP contribution in [0.15, 0.2) is 18.2 Å². The average molecular weight is 310 g/mol. The van der Waals surface area contributed by atoms with Gasteiger partial charge in [0.2, 0.25) is 0 Å². The Morgan fingerprint density at radius 2 is 2.10 bits per heavy atom. The highest BCUT2D eigenvalue weighted by Crippen LogP contribution is 2.23. The Labute approximate surface area is 120 Å². The van der Waals surface area contributed by atoms with Crippen LogP contribution < -0.4 is 10.1 Å². The van der Waals surface area contributed by atoms with Crippen LogP contribution in [0.4, 0.5) is 13.2 Å². The van der Waals surface area contributed by atoms with E-state index in [1.165, 1.54) is 6.92 Å². The van der Waals surface area contributed by atoms with Crippen LogP contribution in [-0.2, 0) is 11.2 Å². The van der Waals surface area contributed by atoms with Crippen molar-refractivity contribution in [3.8, 4) is 5.75 Å². The van der Waals surface area contributed by atoms with Crippen molar-refractivity contribution in [3.05, 3.63) is 28.8 Å². The molecular weight excluding hydrogens is 295 g/mol. The lowest BCUT2D eigenvalue weighted by Gasteiger charge is -2.16. The van der Waals surface area contributed by atoms with Crippen LogP contribution >= 0.6 is 11.6 Å². The van der Waals surface area contributed by atoms with Crippen LogP contribution in [0.25, 0.3) is 0 Å². The molecule has 0 aliphatic heterocycles. The predicted molar refractivity (Wildman–Crippen MR) is 70.0 cm³/mol. The summed E-state index contributed by atoms with van der Waals surface area (Å²) in [7, 11) is 0. The zero-order valence-electron chi connectivity index (χ0n) is 11.1. The van der Waals surface area contributed by atoms with Crippen LogP contribution in [0, 0.1) is 0 Å². The number of amides is 1.